The normalized spacial score (nSPS) is 10.5. The van der Waals surface area contributed by atoms with Crippen LogP contribution in [0.1, 0.15) is 10.4 Å². The van der Waals surface area contributed by atoms with Crippen molar-refractivity contribution in [1.82, 2.24) is 0 Å². The van der Waals surface area contributed by atoms with E-state index in [4.69, 9.17) is 5.73 Å². The Kier molecular flexibility index (Phi) is 4.98. The minimum Gasteiger partial charge on any atom is -0.361 e. The van der Waals surface area contributed by atoms with E-state index in [-0.39, 0.29) is 12.2 Å². The molecule has 0 heterocycles. The number of carbonyl (C=O) groups is 1. The fraction of sp³-hybridized carbons (Fsp3) is 0.188. The Morgan fingerprint density at radius 1 is 1.24 bits per heavy atom. The van der Waals surface area contributed by atoms with E-state index in [1.807, 2.05) is 30.5 Å². The summed E-state index contributed by atoms with van der Waals surface area (Å²) in [4.78, 5) is 14.1. The molecule has 0 amide bonds. The fourth-order valence-electron chi connectivity index (χ4n) is 2.20. The molecule has 0 fully saturated rings. The molecular weight excluding hydrogens is 287 g/mol. The van der Waals surface area contributed by atoms with E-state index in [0.717, 1.165) is 16.0 Å². The second-order valence-electron chi connectivity index (χ2n) is 4.58. The van der Waals surface area contributed by atoms with Crippen LogP contribution >= 0.6 is 11.8 Å². The van der Waals surface area contributed by atoms with Gasteiger partial charge in [-0.3, -0.25) is 4.79 Å². The van der Waals surface area contributed by atoms with Crippen molar-refractivity contribution >= 4 is 23.7 Å². The summed E-state index contributed by atoms with van der Waals surface area (Å²) in [5.74, 6) is -0.537. The zero-order valence-corrected chi connectivity index (χ0v) is 12.8. The Labute approximate surface area is 127 Å². The minimum atomic E-state index is -0.537. The molecule has 0 atom stereocenters. The van der Waals surface area contributed by atoms with Gasteiger partial charge in [0, 0.05) is 17.5 Å². The van der Waals surface area contributed by atoms with Crippen LogP contribution in [-0.4, -0.2) is 26.3 Å². The van der Waals surface area contributed by atoms with E-state index in [9.17, 15) is 9.18 Å². The molecule has 0 aliphatic rings. The third kappa shape index (κ3) is 3.09. The summed E-state index contributed by atoms with van der Waals surface area (Å²) >= 11 is 1.65. The molecule has 5 heteroatoms. The molecule has 0 aromatic heterocycles. The van der Waals surface area contributed by atoms with Gasteiger partial charge in [-0.1, -0.05) is 12.1 Å². The van der Waals surface area contributed by atoms with Gasteiger partial charge in [-0.25, -0.2) is 4.39 Å². The van der Waals surface area contributed by atoms with Crippen LogP contribution in [0.4, 0.5) is 10.1 Å². The maximum Gasteiger partial charge on any atom is 0.155 e. The number of nitrogens with two attached hydrogens (primary N) is 1. The number of anilines is 1. The topological polar surface area (TPSA) is 46.3 Å². The molecule has 0 saturated heterocycles. The number of nitrogens with zero attached hydrogens (tertiary/aromatic N) is 1. The van der Waals surface area contributed by atoms with Crippen LogP contribution in [0.15, 0.2) is 41.3 Å². The van der Waals surface area contributed by atoms with Gasteiger partial charge >= 0.3 is 0 Å². The van der Waals surface area contributed by atoms with Crippen molar-refractivity contribution in [3.8, 4) is 11.1 Å². The Morgan fingerprint density at radius 2 is 1.90 bits per heavy atom. The highest BCUT2D eigenvalue weighted by molar-refractivity contribution is 7.98. The predicted molar refractivity (Wildman–Crippen MR) is 86.5 cm³/mol. The minimum absolute atomic E-state index is 0.0365. The molecule has 0 bridgehead atoms. The number of hydrogen-bond donors (Lipinski definition) is 1. The SMILES string of the molecule is CSc1ccc(-c2ccc(F)c(C=O)c2N(C)CN)cc1. The monoisotopic (exact) mass is 304 g/mol. The highest BCUT2D eigenvalue weighted by atomic mass is 32.2. The second kappa shape index (κ2) is 6.74. The Morgan fingerprint density at radius 3 is 2.43 bits per heavy atom. The first-order valence-electron chi connectivity index (χ1n) is 6.45. The van der Waals surface area contributed by atoms with Crippen LogP contribution in [0.3, 0.4) is 0 Å². The van der Waals surface area contributed by atoms with Gasteiger partial charge in [-0.05, 0) is 36.1 Å². The summed E-state index contributed by atoms with van der Waals surface area (Å²) in [5, 5.41) is 0. The Balaban J connectivity index is 2.63. The van der Waals surface area contributed by atoms with Gasteiger partial charge in [0.15, 0.2) is 6.29 Å². The number of carbonyl (C=O) groups excluding carboxylic acids is 1. The first-order valence-corrected chi connectivity index (χ1v) is 7.68. The van der Waals surface area contributed by atoms with Gasteiger partial charge in [-0.2, -0.15) is 0 Å². The van der Waals surface area contributed by atoms with Crippen LogP contribution in [0, 0.1) is 5.82 Å². The van der Waals surface area contributed by atoms with Crippen LogP contribution in [0.25, 0.3) is 11.1 Å². The van der Waals surface area contributed by atoms with Crippen LogP contribution in [0.5, 0.6) is 0 Å². The lowest BCUT2D eigenvalue weighted by Crippen LogP contribution is -2.27. The largest absolute Gasteiger partial charge is 0.361 e. The summed E-state index contributed by atoms with van der Waals surface area (Å²) in [5.41, 5.74) is 7.92. The zero-order valence-electron chi connectivity index (χ0n) is 12.0. The summed E-state index contributed by atoms with van der Waals surface area (Å²) in [6, 6.07) is 10.9. The van der Waals surface area contributed by atoms with Gasteiger partial charge < -0.3 is 10.6 Å². The summed E-state index contributed by atoms with van der Waals surface area (Å²) in [6.45, 7) is 0.195. The van der Waals surface area contributed by atoms with Crippen molar-refractivity contribution < 1.29 is 9.18 Å². The van der Waals surface area contributed by atoms with E-state index in [1.165, 1.54) is 6.07 Å². The van der Waals surface area contributed by atoms with Crippen LogP contribution in [-0.2, 0) is 0 Å². The quantitative estimate of drug-likeness (QED) is 0.522. The number of benzene rings is 2. The number of aldehydes is 1. The summed E-state index contributed by atoms with van der Waals surface area (Å²) in [7, 11) is 1.74. The lowest BCUT2D eigenvalue weighted by molar-refractivity contribution is 0.112. The van der Waals surface area contributed by atoms with Crippen molar-refractivity contribution in [2.75, 3.05) is 24.9 Å². The first-order chi connectivity index (χ1) is 10.1. The molecule has 0 aliphatic heterocycles. The second-order valence-corrected chi connectivity index (χ2v) is 5.46. The highest BCUT2D eigenvalue weighted by Gasteiger charge is 2.17. The molecule has 110 valence electrons. The summed E-state index contributed by atoms with van der Waals surface area (Å²) in [6.07, 6.45) is 2.54. The molecule has 2 aromatic carbocycles. The van der Waals surface area contributed by atoms with E-state index < -0.39 is 5.82 Å². The molecule has 2 aromatic rings. The molecule has 3 nitrogen and oxygen atoms in total. The van der Waals surface area contributed by atoms with Gasteiger partial charge in [0.25, 0.3) is 0 Å². The Hall–Kier alpha value is -1.85. The Bertz CT molecular complexity index is 643. The molecule has 2 rings (SSSR count). The van der Waals surface area contributed by atoms with Crippen molar-refractivity contribution in [3.63, 3.8) is 0 Å². The van der Waals surface area contributed by atoms with E-state index >= 15 is 0 Å². The third-order valence-corrected chi connectivity index (χ3v) is 4.08. The van der Waals surface area contributed by atoms with Gasteiger partial charge in [0.2, 0.25) is 0 Å². The van der Waals surface area contributed by atoms with Crippen LogP contribution < -0.4 is 10.6 Å². The molecule has 0 saturated carbocycles. The summed E-state index contributed by atoms with van der Waals surface area (Å²) < 4.78 is 13.9. The van der Waals surface area contributed by atoms with Gasteiger partial charge in [-0.15, -0.1) is 11.8 Å². The van der Waals surface area contributed by atoms with Gasteiger partial charge in [0.1, 0.15) is 5.82 Å². The van der Waals surface area contributed by atoms with Crippen molar-refractivity contribution in [1.29, 1.82) is 0 Å². The van der Waals surface area contributed by atoms with Gasteiger partial charge in [0.05, 0.1) is 17.9 Å². The average molecular weight is 304 g/mol. The van der Waals surface area contributed by atoms with Crippen molar-refractivity contribution in [2.24, 2.45) is 5.73 Å². The van der Waals surface area contributed by atoms with E-state index in [2.05, 4.69) is 0 Å². The molecule has 2 N–H and O–H groups in total. The smallest absolute Gasteiger partial charge is 0.155 e. The van der Waals surface area contributed by atoms with Crippen LogP contribution in [0.2, 0.25) is 0 Å². The van der Waals surface area contributed by atoms with Crippen molar-refractivity contribution in [3.05, 3.63) is 47.8 Å². The molecule has 0 aliphatic carbocycles. The molecule has 0 spiro atoms. The predicted octanol–water partition coefficient (Wildman–Crippen LogP) is 3.38. The molecule has 0 radical (unpaired) electrons. The third-order valence-electron chi connectivity index (χ3n) is 3.34. The van der Waals surface area contributed by atoms with E-state index in [0.29, 0.717) is 12.0 Å². The van der Waals surface area contributed by atoms with Crippen molar-refractivity contribution in [2.45, 2.75) is 4.90 Å². The molecular formula is C16H17FN2OS. The van der Waals surface area contributed by atoms with E-state index in [1.54, 1.807) is 29.8 Å². The number of rotatable bonds is 5. The fourth-order valence-corrected chi connectivity index (χ4v) is 2.61. The highest BCUT2D eigenvalue weighted by Crippen LogP contribution is 2.34. The standard InChI is InChI=1S/C16H17FN2OS/c1-19(10-18)16-13(7-8-15(17)14(16)9-20)11-3-5-12(21-2)6-4-11/h3-9H,10,18H2,1-2H3. The average Bonchev–Trinajstić information content (AvgIpc) is 2.53. The number of thioether (sulfide) groups is 1. The lowest BCUT2D eigenvalue weighted by atomic mass is 9.99. The maximum absolute atomic E-state index is 13.9. The maximum atomic E-state index is 13.9. The lowest BCUT2D eigenvalue weighted by Gasteiger charge is -2.23. The molecule has 21 heavy (non-hydrogen) atoms. The number of hydrogen-bond acceptors (Lipinski definition) is 4. The zero-order chi connectivity index (χ0) is 15.4. The molecule has 0 unspecified atom stereocenters. The first kappa shape index (κ1) is 15.5. The number of halogens is 1.